The zero-order valence-electron chi connectivity index (χ0n) is 11.4. The molecule has 0 aromatic carbocycles. The van der Waals surface area contributed by atoms with Crippen molar-refractivity contribution in [3.05, 3.63) is 5.82 Å². The molecule has 0 aliphatic heterocycles. The van der Waals surface area contributed by atoms with Crippen LogP contribution >= 0.6 is 11.5 Å². The molecule has 1 fully saturated rings. The van der Waals surface area contributed by atoms with Crippen LogP contribution in [0.5, 0.6) is 0 Å². The summed E-state index contributed by atoms with van der Waals surface area (Å²) in [6.45, 7) is 6.63. The van der Waals surface area contributed by atoms with Crippen LogP contribution in [0.4, 0.5) is 5.13 Å². The molecular weight excluding hydrogens is 246 g/mol. The van der Waals surface area contributed by atoms with Gasteiger partial charge in [0.2, 0.25) is 5.13 Å². The van der Waals surface area contributed by atoms with Gasteiger partial charge in [0.25, 0.3) is 0 Å². The molecule has 102 valence electrons. The van der Waals surface area contributed by atoms with Crippen molar-refractivity contribution >= 4 is 16.7 Å². The first-order chi connectivity index (χ1) is 8.50. The monoisotopic (exact) mass is 269 g/mol. The summed E-state index contributed by atoms with van der Waals surface area (Å²) in [5, 5.41) is 13.8. The quantitative estimate of drug-likeness (QED) is 0.886. The fourth-order valence-corrected chi connectivity index (χ4v) is 3.18. The molecular formula is C13H23N3OS. The first kappa shape index (κ1) is 13.7. The minimum atomic E-state index is -0.000620. The number of hydrogen-bond donors (Lipinski definition) is 2. The Labute approximate surface area is 113 Å². The summed E-state index contributed by atoms with van der Waals surface area (Å²) in [5.74, 6) is 1.26. The Morgan fingerprint density at radius 3 is 2.67 bits per heavy atom. The molecule has 4 nitrogen and oxygen atoms in total. The lowest BCUT2D eigenvalue weighted by Gasteiger charge is -2.30. The van der Waals surface area contributed by atoms with Crippen LogP contribution in [-0.4, -0.2) is 27.1 Å². The molecule has 0 amide bonds. The SMILES string of the molecule is CC(C)(C)c1nsc(NC2CCCCC2CO)n1. The fourth-order valence-electron chi connectivity index (χ4n) is 2.36. The molecule has 1 heterocycles. The van der Waals surface area contributed by atoms with Gasteiger partial charge in [0.1, 0.15) is 5.82 Å². The Kier molecular flexibility index (Phi) is 4.22. The van der Waals surface area contributed by atoms with Gasteiger partial charge in [-0.15, -0.1) is 0 Å². The van der Waals surface area contributed by atoms with Crippen molar-refractivity contribution in [2.75, 3.05) is 11.9 Å². The zero-order valence-corrected chi connectivity index (χ0v) is 12.3. The summed E-state index contributed by atoms with van der Waals surface area (Å²) in [6.07, 6.45) is 4.70. The maximum Gasteiger partial charge on any atom is 0.202 e. The molecule has 1 aromatic rings. The third kappa shape index (κ3) is 3.20. The van der Waals surface area contributed by atoms with Gasteiger partial charge in [-0.25, -0.2) is 4.98 Å². The van der Waals surface area contributed by atoms with Crippen LogP contribution in [-0.2, 0) is 5.41 Å². The zero-order chi connectivity index (χ0) is 13.2. The van der Waals surface area contributed by atoms with E-state index in [-0.39, 0.29) is 12.0 Å². The number of aromatic nitrogens is 2. The Morgan fingerprint density at radius 2 is 2.06 bits per heavy atom. The summed E-state index contributed by atoms with van der Waals surface area (Å²) in [7, 11) is 0. The van der Waals surface area contributed by atoms with Crippen LogP contribution in [0.2, 0.25) is 0 Å². The average molecular weight is 269 g/mol. The lowest BCUT2D eigenvalue weighted by atomic mass is 9.85. The predicted octanol–water partition coefficient (Wildman–Crippen LogP) is 2.80. The molecule has 18 heavy (non-hydrogen) atoms. The van der Waals surface area contributed by atoms with Crippen molar-refractivity contribution < 1.29 is 5.11 Å². The van der Waals surface area contributed by atoms with Crippen LogP contribution < -0.4 is 5.32 Å². The summed E-state index contributed by atoms with van der Waals surface area (Å²) in [4.78, 5) is 4.56. The van der Waals surface area contributed by atoms with E-state index in [1.54, 1.807) is 0 Å². The highest BCUT2D eigenvalue weighted by Gasteiger charge is 2.26. The van der Waals surface area contributed by atoms with E-state index in [4.69, 9.17) is 0 Å². The van der Waals surface area contributed by atoms with Gasteiger partial charge in [0.05, 0.1) is 0 Å². The molecule has 0 saturated heterocycles. The van der Waals surface area contributed by atoms with Gasteiger partial charge in [0, 0.05) is 35.5 Å². The summed E-state index contributed by atoms with van der Waals surface area (Å²) < 4.78 is 4.41. The topological polar surface area (TPSA) is 58.0 Å². The number of aliphatic hydroxyl groups is 1. The highest BCUT2D eigenvalue weighted by molar-refractivity contribution is 7.09. The maximum atomic E-state index is 9.40. The van der Waals surface area contributed by atoms with Crippen LogP contribution in [0.15, 0.2) is 0 Å². The summed E-state index contributed by atoms with van der Waals surface area (Å²) >= 11 is 1.43. The Morgan fingerprint density at radius 1 is 1.33 bits per heavy atom. The van der Waals surface area contributed by atoms with Crippen molar-refractivity contribution in [1.82, 2.24) is 9.36 Å². The van der Waals surface area contributed by atoms with E-state index in [0.717, 1.165) is 23.8 Å². The van der Waals surface area contributed by atoms with Gasteiger partial charge in [-0.05, 0) is 12.8 Å². The van der Waals surface area contributed by atoms with E-state index in [1.807, 2.05) is 0 Å². The molecule has 2 atom stereocenters. The molecule has 1 aromatic heterocycles. The Balaban J connectivity index is 2.02. The van der Waals surface area contributed by atoms with Crippen LogP contribution in [0.1, 0.15) is 52.3 Å². The standard InChI is InChI=1S/C13H23N3OS/c1-13(2,3)11-15-12(18-16-11)14-10-7-5-4-6-9(10)8-17/h9-10,17H,4-8H2,1-3H3,(H,14,15,16). The van der Waals surface area contributed by atoms with Gasteiger partial charge < -0.3 is 10.4 Å². The van der Waals surface area contributed by atoms with Crippen molar-refractivity contribution in [2.24, 2.45) is 5.92 Å². The first-order valence-electron chi connectivity index (χ1n) is 6.72. The van der Waals surface area contributed by atoms with Crippen LogP contribution in [0.25, 0.3) is 0 Å². The fraction of sp³-hybridized carbons (Fsp3) is 0.846. The average Bonchev–Trinajstić information content (AvgIpc) is 2.78. The molecule has 5 heteroatoms. The van der Waals surface area contributed by atoms with E-state index < -0.39 is 0 Å². The summed E-state index contributed by atoms with van der Waals surface area (Å²) in [6, 6.07) is 0.351. The van der Waals surface area contributed by atoms with Crippen molar-refractivity contribution in [3.63, 3.8) is 0 Å². The lowest BCUT2D eigenvalue weighted by Crippen LogP contribution is -2.34. The van der Waals surface area contributed by atoms with Gasteiger partial charge >= 0.3 is 0 Å². The molecule has 2 N–H and O–H groups in total. The highest BCUT2D eigenvalue weighted by atomic mass is 32.1. The highest BCUT2D eigenvalue weighted by Crippen LogP contribution is 2.29. The van der Waals surface area contributed by atoms with E-state index in [1.165, 1.54) is 24.4 Å². The van der Waals surface area contributed by atoms with Gasteiger partial charge in [-0.3, -0.25) is 0 Å². The smallest absolute Gasteiger partial charge is 0.202 e. The second kappa shape index (κ2) is 5.53. The molecule has 1 aliphatic carbocycles. The number of aliphatic hydroxyl groups excluding tert-OH is 1. The van der Waals surface area contributed by atoms with Crippen LogP contribution in [0.3, 0.4) is 0 Å². The molecule has 0 bridgehead atoms. The molecule has 1 aliphatic rings. The first-order valence-corrected chi connectivity index (χ1v) is 7.49. The maximum absolute atomic E-state index is 9.40. The third-order valence-electron chi connectivity index (χ3n) is 3.55. The second-order valence-corrected chi connectivity index (χ2v) is 6.90. The summed E-state index contributed by atoms with van der Waals surface area (Å²) in [5.41, 5.74) is -0.000620. The minimum absolute atomic E-state index is 0.000620. The number of nitrogens with zero attached hydrogens (tertiary/aromatic N) is 2. The van der Waals surface area contributed by atoms with Gasteiger partial charge in [-0.1, -0.05) is 33.6 Å². The van der Waals surface area contributed by atoms with E-state index in [0.29, 0.717) is 12.0 Å². The predicted molar refractivity (Wildman–Crippen MR) is 75.1 cm³/mol. The molecule has 1 saturated carbocycles. The van der Waals surface area contributed by atoms with Crippen LogP contribution in [0, 0.1) is 5.92 Å². The van der Waals surface area contributed by atoms with Crippen molar-refractivity contribution in [2.45, 2.75) is 57.9 Å². The number of hydrogen-bond acceptors (Lipinski definition) is 5. The Bertz CT molecular complexity index is 386. The lowest BCUT2D eigenvalue weighted by molar-refractivity contribution is 0.178. The van der Waals surface area contributed by atoms with E-state index in [2.05, 4.69) is 35.4 Å². The third-order valence-corrected chi connectivity index (χ3v) is 4.20. The van der Waals surface area contributed by atoms with Crippen molar-refractivity contribution in [1.29, 1.82) is 0 Å². The Hall–Kier alpha value is -0.680. The van der Waals surface area contributed by atoms with E-state index in [9.17, 15) is 5.11 Å². The van der Waals surface area contributed by atoms with Gasteiger partial charge in [-0.2, -0.15) is 4.37 Å². The molecule has 2 rings (SSSR count). The normalized spacial score (nSPS) is 25.1. The van der Waals surface area contributed by atoms with E-state index >= 15 is 0 Å². The number of anilines is 1. The largest absolute Gasteiger partial charge is 0.396 e. The molecule has 2 unspecified atom stereocenters. The number of nitrogens with one attached hydrogen (secondary N) is 1. The number of rotatable bonds is 3. The minimum Gasteiger partial charge on any atom is -0.396 e. The molecule has 0 spiro atoms. The molecule has 0 radical (unpaired) electrons. The van der Waals surface area contributed by atoms with Crippen molar-refractivity contribution in [3.8, 4) is 0 Å². The van der Waals surface area contributed by atoms with Gasteiger partial charge in [0.15, 0.2) is 0 Å². The second-order valence-electron chi connectivity index (χ2n) is 6.15.